The van der Waals surface area contributed by atoms with E-state index in [9.17, 15) is 0 Å². The van der Waals surface area contributed by atoms with Gasteiger partial charge in [-0.05, 0) is 41.9 Å². The number of nitrogens with one attached hydrogen (secondary N) is 1. The van der Waals surface area contributed by atoms with Crippen molar-refractivity contribution in [2.75, 3.05) is 13.2 Å². The van der Waals surface area contributed by atoms with Gasteiger partial charge in [0.1, 0.15) is 0 Å². The summed E-state index contributed by atoms with van der Waals surface area (Å²) in [6, 6.07) is 7.76. The molecule has 1 N–H and O–H groups in total. The highest BCUT2D eigenvalue weighted by Crippen LogP contribution is 2.26. The summed E-state index contributed by atoms with van der Waals surface area (Å²) in [6.45, 7) is 6.00. The van der Waals surface area contributed by atoms with Gasteiger partial charge in [0.2, 0.25) is 11.8 Å². The van der Waals surface area contributed by atoms with Crippen molar-refractivity contribution in [3.05, 3.63) is 34.6 Å². The molecule has 5 nitrogen and oxygen atoms in total. The largest absolute Gasteiger partial charge is 0.419 e. The van der Waals surface area contributed by atoms with Crippen LogP contribution in [0.4, 0.5) is 0 Å². The Hall–Kier alpha value is -1.24. The first-order chi connectivity index (χ1) is 9.66. The number of halogens is 1. The Morgan fingerprint density at radius 3 is 2.85 bits per heavy atom. The summed E-state index contributed by atoms with van der Waals surface area (Å²) in [6.07, 6.45) is 0.252. The number of benzene rings is 1. The van der Waals surface area contributed by atoms with Crippen LogP contribution in [-0.2, 0) is 11.3 Å². The van der Waals surface area contributed by atoms with Gasteiger partial charge in [-0.25, -0.2) is 0 Å². The molecule has 1 heterocycles. The monoisotopic (exact) mass is 339 g/mol. The molecule has 1 aromatic carbocycles. The summed E-state index contributed by atoms with van der Waals surface area (Å²) >= 11 is 3.47. The van der Waals surface area contributed by atoms with Gasteiger partial charge in [0.05, 0.1) is 24.8 Å². The fraction of sp³-hybridized carbons (Fsp3) is 0.429. The van der Waals surface area contributed by atoms with Gasteiger partial charge in [0, 0.05) is 11.0 Å². The molecular formula is C14H18BrN3O2. The summed E-state index contributed by atoms with van der Waals surface area (Å²) in [4.78, 5) is 0. The second kappa shape index (κ2) is 7.52. The summed E-state index contributed by atoms with van der Waals surface area (Å²) in [5.74, 6) is 1.09. The fourth-order valence-electron chi connectivity index (χ4n) is 1.63. The van der Waals surface area contributed by atoms with Gasteiger partial charge >= 0.3 is 0 Å². The minimum atomic E-state index is 0.252. The normalized spacial score (nSPS) is 11.2. The molecule has 0 saturated carbocycles. The Balaban J connectivity index is 1.85. The standard InChI is InChI=1S/C14H18BrN3O2/c1-10(2)19-8-7-16-9-13-17-18-14(20-13)11-5-3-4-6-12(11)15/h3-6,10,16H,7-9H2,1-2H3. The van der Waals surface area contributed by atoms with E-state index in [1.54, 1.807) is 0 Å². The average molecular weight is 340 g/mol. The van der Waals surface area contributed by atoms with Crippen LogP contribution in [0.2, 0.25) is 0 Å². The number of ether oxygens (including phenoxy) is 1. The molecule has 108 valence electrons. The van der Waals surface area contributed by atoms with Crippen LogP contribution < -0.4 is 5.32 Å². The molecule has 0 atom stereocenters. The SMILES string of the molecule is CC(C)OCCNCc1nnc(-c2ccccc2Br)o1. The van der Waals surface area contributed by atoms with Gasteiger partial charge < -0.3 is 14.5 Å². The lowest BCUT2D eigenvalue weighted by Gasteiger charge is -2.06. The van der Waals surface area contributed by atoms with Crippen molar-refractivity contribution in [2.45, 2.75) is 26.5 Å². The molecule has 20 heavy (non-hydrogen) atoms. The summed E-state index contributed by atoms with van der Waals surface area (Å²) < 4.78 is 12.0. The first-order valence-corrected chi connectivity index (χ1v) is 7.35. The van der Waals surface area contributed by atoms with Crippen LogP contribution in [-0.4, -0.2) is 29.5 Å². The Morgan fingerprint density at radius 2 is 2.10 bits per heavy atom. The van der Waals surface area contributed by atoms with Crippen molar-refractivity contribution in [1.82, 2.24) is 15.5 Å². The topological polar surface area (TPSA) is 60.2 Å². The molecule has 2 rings (SSSR count). The van der Waals surface area contributed by atoms with Crippen molar-refractivity contribution in [3.63, 3.8) is 0 Å². The zero-order valence-corrected chi connectivity index (χ0v) is 13.2. The maximum atomic E-state index is 5.62. The van der Waals surface area contributed by atoms with E-state index >= 15 is 0 Å². The van der Waals surface area contributed by atoms with Gasteiger partial charge in [-0.2, -0.15) is 0 Å². The van der Waals surface area contributed by atoms with Gasteiger partial charge in [-0.15, -0.1) is 10.2 Å². The first-order valence-electron chi connectivity index (χ1n) is 6.56. The Kier molecular flexibility index (Phi) is 5.70. The predicted molar refractivity (Wildman–Crippen MR) is 80.2 cm³/mol. The van der Waals surface area contributed by atoms with Gasteiger partial charge in [-0.1, -0.05) is 12.1 Å². The Labute approximate surface area is 126 Å². The van der Waals surface area contributed by atoms with Crippen LogP contribution in [0.3, 0.4) is 0 Å². The van der Waals surface area contributed by atoms with E-state index in [1.807, 2.05) is 38.1 Å². The van der Waals surface area contributed by atoms with Crippen molar-refractivity contribution in [2.24, 2.45) is 0 Å². The van der Waals surface area contributed by atoms with Gasteiger partial charge in [0.25, 0.3) is 0 Å². The van der Waals surface area contributed by atoms with E-state index in [4.69, 9.17) is 9.15 Å². The number of hydrogen-bond acceptors (Lipinski definition) is 5. The zero-order chi connectivity index (χ0) is 14.4. The third-order valence-electron chi connectivity index (χ3n) is 2.58. The van der Waals surface area contributed by atoms with Crippen LogP contribution in [0.1, 0.15) is 19.7 Å². The first kappa shape index (κ1) is 15.2. The number of aromatic nitrogens is 2. The molecule has 2 aromatic rings. The zero-order valence-electron chi connectivity index (χ0n) is 11.6. The highest BCUT2D eigenvalue weighted by atomic mass is 79.9. The van der Waals surface area contributed by atoms with E-state index in [0.717, 1.165) is 16.6 Å². The van der Waals surface area contributed by atoms with Crippen LogP contribution >= 0.6 is 15.9 Å². The summed E-state index contributed by atoms with van der Waals surface area (Å²) in [7, 11) is 0. The Morgan fingerprint density at radius 1 is 1.30 bits per heavy atom. The maximum absolute atomic E-state index is 5.62. The summed E-state index contributed by atoms with van der Waals surface area (Å²) in [5, 5.41) is 11.3. The molecule has 0 fully saturated rings. The molecule has 1 aromatic heterocycles. The molecule has 6 heteroatoms. The summed E-state index contributed by atoms with van der Waals surface area (Å²) in [5.41, 5.74) is 0.898. The third kappa shape index (κ3) is 4.40. The quantitative estimate of drug-likeness (QED) is 0.785. The van der Waals surface area contributed by atoms with E-state index in [2.05, 4.69) is 31.4 Å². The van der Waals surface area contributed by atoms with E-state index < -0.39 is 0 Å². The minimum absolute atomic E-state index is 0.252. The van der Waals surface area contributed by atoms with E-state index in [1.165, 1.54) is 0 Å². The highest BCUT2D eigenvalue weighted by molar-refractivity contribution is 9.10. The third-order valence-corrected chi connectivity index (χ3v) is 3.27. The predicted octanol–water partition coefficient (Wildman–Crippen LogP) is 3.01. The van der Waals surface area contributed by atoms with Crippen LogP contribution in [0.5, 0.6) is 0 Å². The molecule has 0 unspecified atom stereocenters. The van der Waals surface area contributed by atoms with Crippen LogP contribution in [0.25, 0.3) is 11.5 Å². The molecule has 0 saturated heterocycles. The van der Waals surface area contributed by atoms with Crippen molar-refractivity contribution >= 4 is 15.9 Å². The maximum Gasteiger partial charge on any atom is 0.248 e. The van der Waals surface area contributed by atoms with Crippen LogP contribution in [0, 0.1) is 0 Å². The second-order valence-electron chi connectivity index (χ2n) is 4.58. The lowest BCUT2D eigenvalue weighted by Crippen LogP contribution is -2.21. The highest BCUT2D eigenvalue weighted by Gasteiger charge is 2.10. The smallest absolute Gasteiger partial charge is 0.248 e. The van der Waals surface area contributed by atoms with E-state index in [-0.39, 0.29) is 6.10 Å². The lowest BCUT2D eigenvalue weighted by atomic mass is 10.2. The molecule has 0 amide bonds. The van der Waals surface area contributed by atoms with Crippen molar-refractivity contribution in [1.29, 1.82) is 0 Å². The molecule has 0 spiro atoms. The van der Waals surface area contributed by atoms with Gasteiger partial charge in [0.15, 0.2) is 0 Å². The van der Waals surface area contributed by atoms with Crippen molar-refractivity contribution < 1.29 is 9.15 Å². The minimum Gasteiger partial charge on any atom is -0.419 e. The van der Waals surface area contributed by atoms with Gasteiger partial charge in [-0.3, -0.25) is 0 Å². The lowest BCUT2D eigenvalue weighted by molar-refractivity contribution is 0.0804. The Bertz CT molecular complexity index is 543. The molecular weight excluding hydrogens is 322 g/mol. The van der Waals surface area contributed by atoms with Crippen LogP contribution in [0.15, 0.2) is 33.2 Å². The number of hydrogen-bond donors (Lipinski definition) is 1. The molecule has 0 radical (unpaired) electrons. The van der Waals surface area contributed by atoms with Crippen molar-refractivity contribution in [3.8, 4) is 11.5 Å². The average Bonchev–Trinajstić information content (AvgIpc) is 2.87. The molecule has 0 aliphatic heterocycles. The molecule has 0 aliphatic rings. The second-order valence-corrected chi connectivity index (χ2v) is 5.43. The number of rotatable bonds is 7. The molecule has 0 bridgehead atoms. The fourth-order valence-corrected chi connectivity index (χ4v) is 2.09. The molecule has 0 aliphatic carbocycles. The van der Waals surface area contributed by atoms with E-state index in [0.29, 0.717) is 24.9 Å². The number of nitrogens with zero attached hydrogens (tertiary/aromatic N) is 2.